The first-order chi connectivity index (χ1) is 40.5. The van der Waals surface area contributed by atoms with E-state index in [2.05, 4.69) is 81.5 Å². The quantitative estimate of drug-likeness (QED) is 0.0261. The molecule has 478 valence electrons. The molecular weight excluding hydrogens is 1010 g/mol. The Morgan fingerprint density at radius 2 is 0.476 bits per heavy atom. The summed E-state index contributed by atoms with van der Waals surface area (Å²) in [4.78, 5) is 38.5. The topological polar surface area (TPSA) is 78.9 Å². The van der Waals surface area contributed by atoms with Crippen molar-refractivity contribution in [3.05, 3.63) is 60.8 Å². The number of hydrogen-bond acceptors (Lipinski definition) is 6. The Bertz CT molecular complexity index is 1460. The molecule has 0 saturated heterocycles. The Balaban J connectivity index is 4.25. The molecule has 0 rings (SSSR count). The largest absolute Gasteiger partial charge is 0.462 e. The highest BCUT2D eigenvalue weighted by Gasteiger charge is 2.19. The number of carbonyl (C=O) groups is 3. The fraction of sp³-hybridized carbons (Fsp3) is 0.829. The molecule has 0 aliphatic carbocycles. The summed E-state index contributed by atoms with van der Waals surface area (Å²) in [6.45, 7) is 6.60. The van der Waals surface area contributed by atoms with E-state index in [4.69, 9.17) is 14.2 Å². The summed E-state index contributed by atoms with van der Waals surface area (Å²) in [5.74, 6) is -0.838. The van der Waals surface area contributed by atoms with E-state index in [0.717, 1.165) is 89.9 Å². The van der Waals surface area contributed by atoms with E-state index in [0.29, 0.717) is 19.3 Å². The lowest BCUT2D eigenvalue weighted by molar-refractivity contribution is -0.167. The molecule has 0 saturated carbocycles. The number of rotatable bonds is 67. The summed E-state index contributed by atoms with van der Waals surface area (Å²) in [6.07, 6.45) is 91.0. The average Bonchev–Trinajstić information content (AvgIpc) is 3.47. The molecule has 0 bridgehead atoms. The van der Waals surface area contributed by atoms with Gasteiger partial charge in [0.05, 0.1) is 0 Å². The first-order valence-corrected chi connectivity index (χ1v) is 36.3. The van der Waals surface area contributed by atoms with Crippen LogP contribution in [-0.2, 0) is 28.6 Å². The molecule has 0 spiro atoms. The highest BCUT2D eigenvalue weighted by molar-refractivity contribution is 5.71. The number of carbonyl (C=O) groups excluding carboxylic acids is 3. The highest BCUT2D eigenvalue weighted by atomic mass is 16.6. The van der Waals surface area contributed by atoms with E-state index in [1.807, 2.05) is 0 Å². The van der Waals surface area contributed by atoms with Gasteiger partial charge in [-0.25, -0.2) is 0 Å². The van der Waals surface area contributed by atoms with E-state index in [-0.39, 0.29) is 31.1 Å². The molecule has 0 aliphatic heterocycles. The van der Waals surface area contributed by atoms with Gasteiger partial charge in [0.2, 0.25) is 0 Å². The number of ether oxygens (including phenoxy) is 3. The fourth-order valence-corrected chi connectivity index (χ4v) is 10.9. The van der Waals surface area contributed by atoms with Gasteiger partial charge in [0.15, 0.2) is 6.10 Å². The van der Waals surface area contributed by atoms with Crippen molar-refractivity contribution in [2.24, 2.45) is 0 Å². The molecule has 6 heteroatoms. The summed E-state index contributed by atoms with van der Waals surface area (Å²) in [6, 6.07) is 0. The molecule has 0 aromatic carbocycles. The van der Waals surface area contributed by atoms with Crippen LogP contribution in [0.25, 0.3) is 0 Å². The second-order valence-corrected chi connectivity index (χ2v) is 24.5. The first kappa shape index (κ1) is 79.1. The molecule has 82 heavy (non-hydrogen) atoms. The molecule has 0 aromatic heterocycles. The number of unbranched alkanes of at least 4 members (excludes halogenated alkanes) is 46. The van der Waals surface area contributed by atoms with Gasteiger partial charge in [0.25, 0.3) is 0 Å². The van der Waals surface area contributed by atoms with Gasteiger partial charge in [-0.15, -0.1) is 0 Å². The van der Waals surface area contributed by atoms with Crippen LogP contribution in [0.15, 0.2) is 60.8 Å². The van der Waals surface area contributed by atoms with Crippen LogP contribution in [-0.4, -0.2) is 37.2 Å². The molecule has 1 unspecified atom stereocenters. The highest BCUT2D eigenvalue weighted by Crippen LogP contribution is 2.19. The van der Waals surface area contributed by atoms with Gasteiger partial charge in [-0.1, -0.05) is 364 Å². The van der Waals surface area contributed by atoms with Crippen LogP contribution in [0.1, 0.15) is 387 Å². The lowest BCUT2D eigenvalue weighted by Crippen LogP contribution is -2.30. The predicted octanol–water partition coefficient (Wildman–Crippen LogP) is 25.1. The fourth-order valence-electron chi connectivity index (χ4n) is 10.9. The monoisotopic (exact) mass is 1150 g/mol. The zero-order chi connectivity index (χ0) is 59.2. The van der Waals surface area contributed by atoms with Gasteiger partial charge in [0.1, 0.15) is 13.2 Å². The number of hydrogen-bond donors (Lipinski definition) is 0. The molecule has 1 atom stereocenters. The minimum absolute atomic E-state index is 0.0671. The summed E-state index contributed by atoms with van der Waals surface area (Å²) >= 11 is 0. The zero-order valence-corrected chi connectivity index (χ0v) is 55.0. The lowest BCUT2D eigenvalue weighted by atomic mass is 10.0. The number of esters is 3. The van der Waals surface area contributed by atoms with E-state index in [1.165, 1.54) is 257 Å². The van der Waals surface area contributed by atoms with Gasteiger partial charge in [-0.3, -0.25) is 14.4 Å². The van der Waals surface area contributed by atoms with Crippen LogP contribution in [0.4, 0.5) is 0 Å². The van der Waals surface area contributed by atoms with Crippen molar-refractivity contribution in [2.75, 3.05) is 13.2 Å². The van der Waals surface area contributed by atoms with E-state index in [9.17, 15) is 14.4 Å². The number of allylic oxidation sites excluding steroid dienone is 10. The van der Waals surface area contributed by atoms with Crippen molar-refractivity contribution >= 4 is 17.9 Å². The van der Waals surface area contributed by atoms with Gasteiger partial charge in [0, 0.05) is 19.3 Å². The Morgan fingerprint density at radius 3 is 0.744 bits per heavy atom. The smallest absolute Gasteiger partial charge is 0.306 e. The minimum atomic E-state index is -0.772. The van der Waals surface area contributed by atoms with E-state index >= 15 is 0 Å². The van der Waals surface area contributed by atoms with Crippen LogP contribution in [0.5, 0.6) is 0 Å². The second-order valence-electron chi connectivity index (χ2n) is 24.5. The van der Waals surface area contributed by atoms with E-state index in [1.54, 1.807) is 0 Å². The van der Waals surface area contributed by atoms with Crippen molar-refractivity contribution in [3.8, 4) is 0 Å². The molecule has 0 N–H and O–H groups in total. The Labute approximate surface area is 510 Å². The Morgan fingerprint density at radius 1 is 0.256 bits per heavy atom. The van der Waals surface area contributed by atoms with Crippen LogP contribution < -0.4 is 0 Å². The Kier molecular flexibility index (Phi) is 68.1. The maximum Gasteiger partial charge on any atom is 0.306 e. The van der Waals surface area contributed by atoms with E-state index < -0.39 is 6.10 Å². The van der Waals surface area contributed by atoms with Crippen LogP contribution >= 0.6 is 0 Å². The van der Waals surface area contributed by atoms with Crippen molar-refractivity contribution in [1.29, 1.82) is 0 Å². The molecule has 0 fully saturated rings. The van der Waals surface area contributed by atoms with Crippen molar-refractivity contribution in [3.63, 3.8) is 0 Å². The maximum atomic E-state index is 13.0. The molecule has 0 radical (unpaired) electrons. The summed E-state index contributed by atoms with van der Waals surface area (Å²) in [5.41, 5.74) is 0. The average molecular weight is 1150 g/mol. The van der Waals surface area contributed by atoms with Gasteiger partial charge >= 0.3 is 17.9 Å². The van der Waals surface area contributed by atoms with Gasteiger partial charge < -0.3 is 14.2 Å². The normalized spacial score (nSPS) is 12.4. The van der Waals surface area contributed by atoms with Crippen LogP contribution in [0, 0.1) is 0 Å². The Hall–Kier alpha value is -2.89. The first-order valence-electron chi connectivity index (χ1n) is 36.3. The summed E-state index contributed by atoms with van der Waals surface area (Å²) in [7, 11) is 0. The van der Waals surface area contributed by atoms with Crippen molar-refractivity contribution in [1.82, 2.24) is 0 Å². The van der Waals surface area contributed by atoms with Crippen molar-refractivity contribution < 1.29 is 28.6 Å². The maximum absolute atomic E-state index is 13.0. The molecule has 0 heterocycles. The molecule has 0 aliphatic rings. The van der Waals surface area contributed by atoms with Gasteiger partial charge in [-0.05, 0) is 64.2 Å². The van der Waals surface area contributed by atoms with Crippen molar-refractivity contribution in [2.45, 2.75) is 393 Å². The van der Waals surface area contributed by atoms with Gasteiger partial charge in [-0.2, -0.15) is 0 Å². The molecule has 0 aromatic rings. The second kappa shape index (κ2) is 70.6. The third-order valence-corrected chi connectivity index (χ3v) is 16.3. The zero-order valence-electron chi connectivity index (χ0n) is 55.0. The summed E-state index contributed by atoms with van der Waals surface area (Å²) in [5, 5.41) is 0. The van der Waals surface area contributed by atoms with Crippen LogP contribution in [0.3, 0.4) is 0 Å². The standard InChI is InChI=1S/C76H138O6/c1-4-7-10-13-16-19-22-25-28-31-33-34-35-36-37-38-39-40-41-42-44-45-48-51-54-57-60-63-66-69-75(78)81-72-73(71-80-74(77)68-65-62-59-56-53-50-47-30-27-24-21-18-15-12-9-6-3)82-76(79)70-67-64-61-58-55-52-49-46-43-32-29-26-23-20-17-14-11-8-5-2/h7,10,16,19,25,28,33-34,36-37,73H,4-6,8-9,11-15,17-18,20-24,26-27,29-32,35,38-72H2,1-3H3/b10-7-,19-16-,28-25-,34-33-,37-36-. The molecular formula is C76H138O6. The third-order valence-electron chi connectivity index (χ3n) is 16.3. The molecule has 0 amide bonds. The third kappa shape index (κ3) is 67.9. The minimum Gasteiger partial charge on any atom is -0.462 e. The lowest BCUT2D eigenvalue weighted by Gasteiger charge is -2.18. The molecule has 6 nitrogen and oxygen atoms in total. The predicted molar refractivity (Wildman–Crippen MR) is 358 cm³/mol. The summed E-state index contributed by atoms with van der Waals surface area (Å²) < 4.78 is 17.0. The van der Waals surface area contributed by atoms with Crippen LogP contribution in [0.2, 0.25) is 0 Å². The SMILES string of the molecule is CC/C=C\C/C=C\C/C=C\C/C=C\C/C=C\CCCCCCCCCCCCCCCC(=O)OCC(COC(=O)CCCCCCCCCCCCCCCCCC)OC(=O)CCCCCCCCCCCCCCCCCCCCC.